The van der Waals surface area contributed by atoms with E-state index in [0.29, 0.717) is 0 Å². The molecule has 28 heavy (non-hydrogen) atoms. The minimum absolute atomic E-state index is 0.0396. The van der Waals surface area contributed by atoms with Gasteiger partial charge in [0.15, 0.2) is 6.61 Å². The molecule has 0 fully saturated rings. The Bertz CT molecular complexity index is 683. The van der Waals surface area contributed by atoms with Gasteiger partial charge < -0.3 is 20.3 Å². The number of hydrogen-bond donors (Lipinski definition) is 2. The highest BCUT2D eigenvalue weighted by atomic mass is 16.5. The maximum atomic E-state index is 11.9. The fourth-order valence-electron chi connectivity index (χ4n) is 2.23. The third kappa shape index (κ3) is 10.3. The van der Waals surface area contributed by atoms with Crippen molar-refractivity contribution in [2.75, 3.05) is 26.7 Å². The molecule has 1 rings (SSSR count). The Morgan fingerprint density at radius 1 is 1.04 bits per heavy atom. The molecule has 0 atom stereocenters. The van der Waals surface area contributed by atoms with Gasteiger partial charge >= 0.3 is 5.97 Å². The van der Waals surface area contributed by atoms with E-state index in [4.69, 9.17) is 4.74 Å². The first kappa shape index (κ1) is 23.1. The van der Waals surface area contributed by atoms with E-state index < -0.39 is 24.0 Å². The Labute approximate surface area is 165 Å². The van der Waals surface area contributed by atoms with Gasteiger partial charge in [-0.2, -0.15) is 0 Å². The van der Waals surface area contributed by atoms with Crippen LogP contribution >= 0.6 is 0 Å². The molecule has 2 N–H and O–H groups in total. The molecule has 8 heteroatoms. The fraction of sp³-hybridized carbons (Fsp3) is 0.500. The van der Waals surface area contributed by atoms with E-state index in [-0.39, 0.29) is 37.7 Å². The second kappa shape index (κ2) is 11.1. The zero-order valence-electron chi connectivity index (χ0n) is 16.9. The van der Waals surface area contributed by atoms with Crippen LogP contribution in [0.2, 0.25) is 0 Å². The quantitative estimate of drug-likeness (QED) is 0.602. The minimum Gasteiger partial charge on any atom is -0.456 e. The Morgan fingerprint density at radius 3 is 2.29 bits per heavy atom. The highest BCUT2D eigenvalue weighted by Crippen LogP contribution is 2.00. The molecule has 0 bridgehead atoms. The van der Waals surface area contributed by atoms with E-state index in [9.17, 15) is 19.2 Å². The van der Waals surface area contributed by atoms with E-state index >= 15 is 0 Å². The third-order valence-corrected chi connectivity index (χ3v) is 3.54. The van der Waals surface area contributed by atoms with E-state index in [0.717, 1.165) is 5.56 Å². The van der Waals surface area contributed by atoms with Gasteiger partial charge in [-0.3, -0.25) is 19.2 Å². The van der Waals surface area contributed by atoms with Crippen LogP contribution in [0.1, 0.15) is 32.8 Å². The molecule has 0 heterocycles. The molecule has 0 aliphatic carbocycles. The summed E-state index contributed by atoms with van der Waals surface area (Å²) in [7, 11) is 1.46. The number of nitrogens with zero attached hydrogens (tertiary/aromatic N) is 1. The molecule has 154 valence electrons. The lowest BCUT2D eigenvalue weighted by Crippen LogP contribution is -2.46. The SMILES string of the molecule is CN(CC(=O)NC(C)(C)C)C(=O)COC(=O)CCNC(=O)Cc1ccccc1. The number of carbonyl (C=O) groups is 4. The average molecular weight is 391 g/mol. The number of likely N-dealkylation sites (N-methyl/N-ethyl adjacent to an activating group) is 1. The zero-order valence-corrected chi connectivity index (χ0v) is 16.9. The molecule has 0 saturated carbocycles. The minimum atomic E-state index is -0.596. The predicted octanol–water partition coefficient (Wildman–Crippen LogP) is 0.652. The summed E-state index contributed by atoms with van der Waals surface area (Å²) in [6.45, 7) is 5.08. The lowest BCUT2D eigenvalue weighted by molar-refractivity contribution is -0.152. The van der Waals surface area contributed by atoms with Crippen molar-refractivity contribution in [3.05, 3.63) is 35.9 Å². The van der Waals surface area contributed by atoms with Crippen LogP contribution in [0.5, 0.6) is 0 Å². The molecule has 8 nitrogen and oxygen atoms in total. The first-order chi connectivity index (χ1) is 13.1. The van der Waals surface area contributed by atoms with Crippen molar-refractivity contribution in [1.82, 2.24) is 15.5 Å². The van der Waals surface area contributed by atoms with Crippen molar-refractivity contribution in [2.24, 2.45) is 0 Å². The Kier molecular flexibility index (Phi) is 9.14. The van der Waals surface area contributed by atoms with Gasteiger partial charge in [-0.15, -0.1) is 0 Å². The third-order valence-electron chi connectivity index (χ3n) is 3.54. The largest absolute Gasteiger partial charge is 0.456 e. The molecule has 0 unspecified atom stereocenters. The van der Waals surface area contributed by atoms with Crippen LogP contribution in [0.3, 0.4) is 0 Å². The van der Waals surface area contributed by atoms with Crippen LogP contribution in [0, 0.1) is 0 Å². The summed E-state index contributed by atoms with van der Waals surface area (Å²) in [5.74, 6) is -1.57. The number of nitrogens with one attached hydrogen (secondary N) is 2. The topological polar surface area (TPSA) is 105 Å². The summed E-state index contributed by atoms with van der Waals surface area (Å²) in [5, 5.41) is 5.38. The summed E-state index contributed by atoms with van der Waals surface area (Å²) in [6, 6.07) is 9.25. The van der Waals surface area contributed by atoms with Crippen molar-refractivity contribution < 1.29 is 23.9 Å². The van der Waals surface area contributed by atoms with Gasteiger partial charge in [-0.25, -0.2) is 0 Å². The number of ether oxygens (including phenoxy) is 1. The summed E-state index contributed by atoms with van der Waals surface area (Å²) in [6.07, 6.45) is 0.192. The normalized spacial score (nSPS) is 10.7. The number of amides is 3. The van der Waals surface area contributed by atoms with Crippen LogP contribution in [0.25, 0.3) is 0 Å². The molecule has 1 aromatic rings. The maximum Gasteiger partial charge on any atom is 0.308 e. The second-order valence-electron chi connectivity index (χ2n) is 7.47. The van der Waals surface area contributed by atoms with Gasteiger partial charge in [0.25, 0.3) is 5.91 Å². The smallest absolute Gasteiger partial charge is 0.308 e. The Hall–Kier alpha value is -2.90. The summed E-state index contributed by atoms with van der Waals surface area (Å²) >= 11 is 0. The van der Waals surface area contributed by atoms with E-state index in [1.807, 2.05) is 51.1 Å². The number of esters is 1. The van der Waals surface area contributed by atoms with Crippen LogP contribution in [-0.2, 0) is 30.3 Å². The monoisotopic (exact) mass is 391 g/mol. The molecule has 0 aromatic heterocycles. The van der Waals surface area contributed by atoms with E-state index in [2.05, 4.69) is 10.6 Å². The standard InChI is InChI=1S/C20H29N3O5/c1-20(2,3)22-17(25)13-23(4)18(26)14-28-19(27)10-11-21-16(24)12-15-8-6-5-7-9-15/h5-9H,10-14H2,1-4H3,(H,21,24)(H,22,25). The summed E-state index contributed by atoms with van der Waals surface area (Å²) in [5.41, 5.74) is 0.491. The summed E-state index contributed by atoms with van der Waals surface area (Å²) < 4.78 is 4.89. The molecule has 0 spiro atoms. The number of hydrogen-bond acceptors (Lipinski definition) is 5. The van der Waals surface area contributed by atoms with E-state index in [1.165, 1.54) is 11.9 Å². The van der Waals surface area contributed by atoms with Gasteiger partial charge in [0, 0.05) is 19.1 Å². The van der Waals surface area contributed by atoms with Crippen LogP contribution in [-0.4, -0.2) is 60.9 Å². The van der Waals surface area contributed by atoms with Gasteiger partial charge in [-0.05, 0) is 26.3 Å². The van der Waals surface area contributed by atoms with Crippen molar-refractivity contribution in [2.45, 2.75) is 39.2 Å². The molecular weight excluding hydrogens is 362 g/mol. The Morgan fingerprint density at radius 2 is 1.68 bits per heavy atom. The highest BCUT2D eigenvalue weighted by Gasteiger charge is 2.18. The lowest BCUT2D eigenvalue weighted by atomic mass is 10.1. The first-order valence-corrected chi connectivity index (χ1v) is 9.08. The van der Waals surface area contributed by atoms with Gasteiger partial charge in [0.05, 0.1) is 19.4 Å². The van der Waals surface area contributed by atoms with Crippen molar-refractivity contribution in [3.63, 3.8) is 0 Å². The lowest BCUT2D eigenvalue weighted by Gasteiger charge is -2.23. The first-order valence-electron chi connectivity index (χ1n) is 9.08. The summed E-state index contributed by atoms with van der Waals surface area (Å²) in [4.78, 5) is 48.4. The van der Waals surface area contributed by atoms with Crippen molar-refractivity contribution in [1.29, 1.82) is 0 Å². The fourth-order valence-corrected chi connectivity index (χ4v) is 2.23. The van der Waals surface area contributed by atoms with E-state index in [1.54, 1.807) is 0 Å². The van der Waals surface area contributed by atoms with Crippen LogP contribution in [0.4, 0.5) is 0 Å². The molecule has 0 aliphatic heterocycles. The number of rotatable bonds is 9. The van der Waals surface area contributed by atoms with Crippen molar-refractivity contribution >= 4 is 23.7 Å². The van der Waals surface area contributed by atoms with Gasteiger partial charge in [-0.1, -0.05) is 30.3 Å². The van der Waals surface area contributed by atoms with Gasteiger partial charge in [0.2, 0.25) is 11.8 Å². The van der Waals surface area contributed by atoms with Crippen LogP contribution in [0.15, 0.2) is 30.3 Å². The maximum absolute atomic E-state index is 11.9. The highest BCUT2D eigenvalue weighted by molar-refractivity contribution is 5.86. The zero-order chi connectivity index (χ0) is 21.2. The molecular formula is C20H29N3O5. The Balaban J connectivity index is 2.22. The number of carbonyl (C=O) groups excluding carboxylic acids is 4. The molecule has 3 amide bonds. The molecule has 1 aromatic carbocycles. The average Bonchev–Trinajstić information content (AvgIpc) is 2.58. The second-order valence-corrected chi connectivity index (χ2v) is 7.47. The molecule has 0 aliphatic rings. The molecule has 0 saturated heterocycles. The number of benzene rings is 1. The van der Waals surface area contributed by atoms with Gasteiger partial charge in [0.1, 0.15) is 0 Å². The predicted molar refractivity (Wildman–Crippen MR) is 104 cm³/mol. The molecule has 0 radical (unpaired) electrons. The van der Waals surface area contributed by atoms with Crippen molar-refractivity contribution in [3.8, 4) is 0 Å². The van der Waals surface area contributed by atoms with Crippen LogP contribution < -0.4 is 10.6 Å².